The summed E-state index contributed by atoms with van der Waals surface area (Å²) in [6.45, 7) is 0. The van der Waals surface area contributed by atoms with E-state index < -0.39 is 0 Å². The molecule has 0 N–H and O–H groups in total. The quantitative estimate of drug-likeness (QED) is 0.673. The number of rotatable bonds is 1. The molecule has 0 atom stereocenters. The van der Waals surface area contributed by atoms with E-state index in [1.54, 1.807) is 4.92 Å². The van der Waals surface area contributed by atoms with Crippen molar-refractivity contribution >= 4 is 36.4 Å². The van der Waals surface area contributed by atoms with Gasteiger partial charge < -0.3 is 0 Å². The van der Waals surface area contributed by atoms with Gasteiger partial charge in [0.05, 0.1) is 0 Å². The van der Waals surface area contributed by atoms with Crippen LogP contribution in [0.15, 0.2) is 21.2 Å². The number of hydrogen-bond acceptors (Lipinski definition) is 1. The van der Waals surface area contributed by atoms with Gasteiger partial charge in [-0.25, -0.2) is 0 Å². The molecule has 0 fully saturated rings. The summed E-state index contributed by atoms with van der Waals surface area (Å²) in [6, 6.07) is 3.73. The maximum atomic E-state index is 5.06. The molecule has 42 valence electrons. The molecule has 1 aromatic rings. The fraction of sp³-hybridized carbons (Fsp3) is 0. The monoisotopic (exact) mass is 238 g/mol. The Bertz CT molecular complexity index is 194. The van der Waals surface area contributed by atoms with Gasteiger partial charge in [-0.3, -0.25) is 0 Å². The van der Waals surface area contributed by atoms with Crippen LogP contribution in [0, 0.1) is 0 Å². The molecule has 0 spiro atoms. The Hall–Kier alpha value is 0.149. The second-order valence-electron chi connectivity index (χ2n) is 1.26. The van der Waals surface area contributed by atoms with E-state index in [1.807, 2.05) is 12.1 Å². The van der Waals surface area contributed by atoms with Crippen molar-refractivity contribution in [1.29, 1.82) is 0 Å². The molecule has 1 nitrogen and oxygen atoms in total. The summed E-state index contributed by atoms with van der Waals surface area (Å²) >= 11 is 5.91. The minimum absolute atomic E-state index is 0.763. The first-order valence-electron chi connectivity index (χ1n) is 2.03. The molecule has 0 aliphatic rings. The van der Waals surface area contributed by atoms with Crippen molar-refractivity contribution in [3.63, 3.8) is 0 Å². The van der Waals surface area contributed by atoms with Crippen molar-refractivity contribution < 1.29 is 4.42 Å². The van der Waals surface area contributed by atoms with Gasteiger partial charge in [-0.05, 0) is 0 Å². The molecular weight excluding hydrogens is 235 g/mol. The summed E-state index contributed by atoms with van der Waals surface area (Å²) in [5.41, 5.74) is 0. The number of furan rings is 1. The van der Waals surface area contributed by atoms with Crippen LogP contribution >= 0.6 is 15.9 Å². The second kappa shape index (κ2) is 2.62. The van der Waals surface area contributed by atoms with Gasteiger partial charge in [-0.2, -0.15) is 0 Å². The predicted octanol–water partition coefficient (Wildman–Crippen LogP) is 1.36. The van der Waals surface area contributed by atoms with Crippen molar-refractivity contribution in [2.24, 2.45) is 0 Å². The van der Waals surface area contributed by atoms with E-state index in [4.69, 9.17) is 4.42 Å². The van der Waals surface area contributed by atoms with Crippen LogP contribution < -0.4 is 0 Å². The van der Waals surface area contributed by atoms with Crippen LogP contribution in [0.25, 0.3) is 0 Å². The van der Waals surface area contributed by atoms with E-state index in [2.05, 4.69) is 31.5 Å². The number of halogens is 1. The third-order valence-electron chi connectivity index (χ3n) is 0.710. The molecule has 1 aromatic heterocycles. The van der Waals surface area contributed by atoms with E-state index in [9.17, 15) is 0 Å². The summed E-state index contributed by atoms with van der Waals surface area (Å²) < 4.78 is 5.83. The molecule has 0 radical (unpaired) electrons. The topological polar surface area (TPSA) is 13.1 Å². The van der Waals surface area contributed by atoms with E-state index in [0.717, 1.165) is 10.4 Å². The predicted molar refractivity (Wildman–Crippen MR) is 37.3 cm³/mol. The Morgan fingerprint density at radius 2 is 2.38 bits per heavy atom. The zero-order valence-electron chi connectivity index (χ0n) is 3.93. The van der Waals surface area contributed by atoms with Gasteiger partial charge >= 0.3 is 63.4 Å². The van der Waals surface area contributed by atoms with Crippen molar-refractivity contribution in [3.05, 3.63) is 22.6 Å². The number of hydrogen-bond donors (Lipinski definition) is 0. The SMILES string of the molecule is [Se]=Cc1ccc(Br)o1. The van der Waals surface area contributed by atoms with E-state index in [1.165, 1.54) is 0 Å². The molecule has 8 heavy (non-hydrogen) atoms. The first-order chi connectivity index (χ1) is 3.83. The molecule has 0 aliphatic heterocycles. The van der Waals surface area contributed by atoms with Crippen LogP contribution in [0.1, 0.15) is 5.76 Å². The van der Waals surface area contributed by atoms with Crippen molar-refractivity contribution in [1.82, 2.24) is 0 Å². The first kappa shape index (κ1) is 6.27. The molecule has 1 rings (SSSR count). The van der Waals surface area contributed by atoms with Crippen molar-refractivity contribution in [2.75, 3.05) is 0 Å². The maximum absolute atomic E-state index is 5.06. The Labute approximate surface area is 63.6 Å². The van der Waals surface area contributed by atoms with Crippen LogP contribution in [0.2, 0.25) is 0 Å². The Kier molecular flexibility index (Phi) is 2.06. The van der Waals surface area contributed by atoms with Crippen molar-refractivity contribution in [2.45, 2.75) is 0 Å². The average Bonchev–Trinajstić information content (AvgIpc) is 2.14. The van der Waals surface area contributed by atoms with Gasteiger partial charge in [-0.15, -0.1) is 0 Å². The van der Waals surface area contributed by atoms with Crippen LogP contribution in [0.5, 0.6) is 0 Å². The summed E-state index contributed by atoms with van der Waals surface area (Å²) in [4.78, 5) is 1.78. The summed E-state index contributed by atoms with van der Waals surface area (Å²) in [6.07, 6.45) is 0. The van der Waals surface area contributed by atoms with Crippen LogP contribution in [-0.4, -0.2) is 20.5 Å². The second-order valence-corrected chi connectivity index (χ2v) is 2.54. The van der Waals surface area contributed by atoms with Gasteiger partial charge in [-0.1, -0.05) is 0 Å². The van der Waals surface area contributed by atoms with Gasteiger partial charge in [0.1, 0.15) is 0 Å². The van der Waals surface area contributed by atoms with E-state index in [-0.39, 0.29) is 0 Å². The third-order valence-corrected chi connectivity index (χ3v) is 1.62. The zero-order chi connectivity index (χ0) is 5.98. The standard InChI is InChI=1S/C5H3BrOSe/c6-5-2-1-4(3-8)7-5/h1-3H. The van der Waals surface area contributed by atoms with Gasteiger partial charge in [0.2, 0.25) is 0 Å². The van der Waals surface area contributed by atoms with E-state index >= 15 is 0 Å². The fourth-order valence-electron chi connectivity index (χ4n) is 0.392. The molecule has 0 saturated heterocycles. The normalized spacial score (nSPS) is 9.12. The van der Waals surface area contributed by atoms with Crippen molar-refractivity contribution in [3.8, 4) is 0 Å². The first-order valence-corrected chi connectivity index (χ1v) is 3.81. The minimum atomic E-state index is 0.763. The zero-order valence-corrected chi connectivity index (χ0v) is 7.23. The van der Waals surface area contributed by atoms with E-state index in [0.29, 0.717) is 0 Å². The fourth-order valence-corrected chi connectivity index (χ4v) is 0.976. The van der Waals surface area contributed by atoms with Crippen LogP contribution in [0.4, 0.5) is 0 Å². The van der Waals surface area contributed by atoms with Crippen LogP contribution in [0.3, 0.4) is 0 Å². The molecule has 0 unspecified atom stereocenters. The summed E-state index contributed by atoms with van der Waals surface area (Å²) in [5, 5.41) is 0. The molecule has 0 aromatic carbocycles. The Balaban J connectivity index is 3.00. The third kappa shape index (κ3) is 1.31. The molecule has 3 heteroatoms. The molecule has 0 amide bonds. The molecular formula is C5H3BrOSe. The van der Waals surface area contributed by atoms with Gasteiger partial charge in [0.25, 0.3) is 0 Å². The molecule has 0 saturated carbocycles. The summed E-state index contributed by atoms with van der Waals surface area (Å²) in [5.74, 6) is 0.844. The van der Waals surface area contributed by atoms with Gasteiger partial charge in [0.15, 0.2) is 0 Å². The summed E-state index contributed by atoms with van der Waals surface area (Å²) in [7, 11) is 0. The molecule has 0 aliphatic carbocycles. The average molecular weight is 238 g/mol. The Morgan fingerprint density at radius 3 is 2.62 bits per heavy atom. The molecule has 1 heterocycles. The Morgan fingerprint density at radius 1 is 1.62 bits per heavy atom. The molecule has 0 bridgehead atoms. The van der Waals surface area contributed by atoms with Gasteiger partial charge in [0, 0.05) is 0 Å². The van der Waals surface area contributed by atoms with Crippen LogP contribution in [-0.2, 0) is 0 Å².